The summed E-state index contributed by atoms with van der Waals surface area (Å²) in [5.41, 5.74) is 5.86. The largest absolute Gasteiger partial charge is 0.352 e. The van der Waals surface area contributed by atoms with Gasteiger partial charge in [0.1, 0.15) is 0 Å². The molecule has 6 nitrogen and oxygen atoms in total. The van der Waals surface area contributed by atoms with Crippen LogP contribution in [0.1, 0.15) is 22.3 Å². The van der Waals surface area contributed by atoms with Gasteiger partial charge in [-0.15, -0.1) is 0 Å². The highest BCUT2D eigenvalue weighted by molar-refractivity contribution is 6.30. The quantitative estimate of drug-likeness (QED) is 0.538. The number of hydrazine groups is 1. The highest BCUT2D eigenvalue weighted by Gasteiger charge is 2.07. The summed E-state index contributed by atoms with van der Waals surface area (Å²) in [5, 5.41) is 3.11. The van der Waals surface area contributed by atoms with Gasteiger partial charge >= 0.3 is 0 Å². The SMILES string of the molecule is O=C(/C=C/c1ccccc1)NCCC(=O)NNC(=O)c1ccc(Cl)cc1. The Bertz CT molecular complexity index is 789. The second kappa shape index (κ2) is 10.0. The summed E-state index contributed by atoms with van der Waals surface area (Å²) in [6, 6.07) is 15.6. The van der Waals surface area contributed by atoms with Crippen molar-refractivity contribution in [2.24, 2.45) is 0 Å². The molecule has 2 rings (SSSR count). The Morgan fingerprint density at radius 2 is 1.62 bits per heavy atom. The van der Waals surface area contributed by atoms with Crippen LogP contribution in [0.3, 0.4) is 0 Å². The van der Waals surface area contributed by atoms with E-state index in [4.69, 9.17) is 11.6 Å². The number of carbonyl (C=O) groups is 3. The Balaban J connectivity index is 1.65. The van der Waals surface area contributed by atoms with E-state index in [0.29, 0.717) is 10.6 Å². The molecule has 0 atom stereocenters. The molecule has 0 saturated heterocycles. The highest BCUT2D eigenvalue weighted by atomic mass is 35.5. The van der Waals surface area contributed by atoms with Gasteiger partial charge in [0.2, 0.25) is 11.8 Å². The molecule has 0 aliphatic carbocycles. The third-order valence-corrected chi connectivity index (χ3v) is 3.55. The van der Waals surface area contributed by atoms with E-state index in [1.807, 2.05) is 30.3 Å². The maximum absolute atomic E-state index is 11.8. The van der Waals surface area contributed by atoms with Crippen molar-refractivity contribution in [1.29, 1.82) is 0 Å². The maximum atomic E-state index is 11.8. The van der Waals surface area contributed by atoms with Gasteiger partial charge in [0.25, 0.3) is 5.91 Å². The van der Waals surface area contributed by atoms with Gasteiger partial charge in [-0.2, -0.15) is 0 Å². The Morgan fingerprint density at radius 3 is 2.31 bits per heavy atom. The number of halogens is 1. The van der Waals surface area contributed by atoms with Crippen molar-refractivity contribution in [3.8, 4) is 0 Å². The summed E-state index contributed by atoms with van der Waals surface area (Å²) in [6.45, 7) is 0.153. The number of rotatable bonds is 6. The molecule has 0 aromatic heterocycles. The molecule has 0 unspecified atom stereocenters. The first kappa shape index (κ1) is 19.2. The third kappa shape index (κ3) is 6.78. The van der Waals surface area contributed by atoms with Crippen molar-refractivity contribution in [1.82, 2.24) is 16.2 Å². The lowest BCUT2D eigenvalue weighted by molar-refractivity contribution is -0.122. The van der Waals surface area contributed by atoms with E-state index in [9.17, 15) is 14.4 Å². The monoisotopic (exact) mass is 371 g/mol. The van der Waals surface area contributed by atoms with Crippen molar-refractivity contribution in [3.63, 3.8) is 0 Å². The summed E-state index contributed by atoms with van der Waals surface area (Å²) in [6.07, 6.45) is 3.11. The third-order valence-electron chi connectivity index (χ3n) is 3.30. The fourth-order valence-corrected chi connectivity index (χ4v) is 2.08. The second-order valence-corrected chi connectivity index (χ2v) is 5.73. The first-order valence-corrected chi connectivity index (χ1v) is 8.28. The Kier molecular flexibility index (Phi) is 7.39. The van der Waals surface area contributed by atoms with Crippen LogP contribution >= 0.6 is 11.6 Å². The van der Waals surface area contributed by atoms with Crippen LogP contribution in [0.4, 0.5) is 0 Å². The van der Waals surface area contributed by atoms with Crippen LogP contribution in [0.5, 0.6) is 0 Å². The zero-order chi connectivity index (χ0) is 18.8. The van der Waals surface area contributed by atoms with E-state index in [0.717, 1.165) is 5.56 Å². The molecule has 7 heteroatoms. The zero-order valence-electron chi connectivity index (χ0n) is 13.9. The standard InChI is InChI=1S/C19H18ClN3O3/c20-16-9-7-15(8-10-16)19(26)23-22-18(25)12-13-21-17(24)11-6-14-4-2-1-3-5-14/h1-11H,12-13H2,(H,21,24)(H,22,25)(H,23,26)/b11-6+. The first-order valence-electron chi connectivity index (χ1n) is 7.90. The molecule has 2 aromatic carbocycles. The molecular formula is C19H18ClN3O3. The molecular weight excluding hydrogens is 354 g/mol. The number of hydrogen-bond donors (Lipinski definition) is 3. The molecule has 2 aromatic rings. The summed E-state index contributed by atoms with van der Waals surface area (Å²) in [5.74, 6) is -1.17. The van der Waals surface area contributed by atoms with Crippen molar-refractivity contribution in [3.05, 3.63) is 76.8 Å². The fourth-order valence-electron chi connectivity index (χ4n) is 1.96. The normalized spacial score (nSPS) is 10.3. The average molecular weight is 372 g/mol. The minimum absolute atomic E-state index is 0.0335. The first-order chi connectivity index (χ1) is 12.5. The van der Waals surface area contributed by atoms with Gasteiger partial charge in [-0.05, 0) is 35.9 Å². The van der Waals surface area contributed by atoms with Crippen LogP contribution in [-0.4, -0.2) is 24.3 Å². The van der Waals surface area contributed by atoms with Crippen LogP contribution in [0, 0.1) is 0 Å². The molecule has 0 bridgehead atoms. The van der Waals surface area contributed by atoms with Gasteiger partial charge in [0.15, 0.2) is 0 Å². The number of amides is 3. The summed E-state index contributed by atoms with van der Waals surface area (Å²) < 4.78 is 0. The summed E-state index contributed by atoms with van der Waals surface area (Å²) >= 11 is 5.74. The van der Waals surface area contributed by atoms with Gasteiger partial charge in [-0.1, -0.05) is 41.9 Å². The molecule has 3 amide bonds. The molecule has 0 spiro atoms. The molecule has 0 aliphatic heterocycles. The lowest BCUT2D eigenvalue weighted by atomic mass is 10.2. The number of benzene rings is 2. The van der Waals surface area contributed by atoms with E-state index in [2.05, 4.69) is 16.2 Å². The summed E-state index contributed by atoms with van der Waals surface area (Å²) in [4.78, 5) is 35.2. The minimum Gasteiger partial charge on any atom is -0.352 e. The maximum Gasteiger partial charge on any atom is 0.269 e. The van der Waals surface area contributed by atoms with Gasteiger partial charge in [-0.25, -0.2) is 0 Å². The highest BCUT2D eigenvalue weighted by Crippen LogP contribution is 2.08. The van der Waals surface area contributed by atoms with Gasteiger partial charge < -0.3 is 5.32 Å². The van der Waals surface area contributed by atoms with E-state index < -0.39 is 11.8 Å². The zero-order valence-corrected chi connectivity index (χ0v) is 14.6. The van der Waals surface area contributed by atoms with Crippen LogP contribution in [-0.2, 0) is 9.59 Å². The molecule has 0 heterocycles. The fraction of sp³-hybridized carbons (Fsp3) is 0.105. The lowest BCUT2D eigenvalue weighted by Crippen LogP contribution is -2.42. The van der Waals surface area contributed by atoms with E-state index in [1.165, 1.54) is 6.08 Å². The molecule has 26 heavy (non-hydrogen) atoms. The molecule has 0 aliphatic rings. The smallest absolute Gasteiger partial charge is 0.269 e. The molecule has 0 fully saturated rings. The Labute approximate surface area is 156 Å². The van der Waals surface area contributed by atoms with E-state index >= 15 is 0 Å². The van der Waals surface area contributed by atoms with Crippen molar-refractivity contribution in [2.75, 3.05) is 6.54 Å². The molecule has 0 radical (unpaired) electrons. The average Bonchev–Trinajstić information content (AvgIpc) is 2.66. The molecule has 0 saturated carbocycles. The van der Waals surface area contributed by atoms with Crippen LogP contribution in [0.2, 0.25) is 5.02 Å². The molecule has 134 valence electrons. The van der Waals surface area contributed by atoms with Gasteiger partial charge in [-0.3, -0.25) is 25.2 Å². The van der Waals surface area contributed by atoms with Gasteiger partial charge in [0, 0.05) is 29.6 Å². The van der Waals surface area contributed by atoms with Crippen LogP contribution in [0.25, 0.3) is 6.08 Å². The van der Waals surface area contributed by atoms with Crippen molar-refractivity contribution in [2.45, 2.75) is 6.42 Å². The van der Waals surface area contributed by atoms with Gasteiger partial charge in [0.05, 0.1) is 0 Å². The minimum atomic E-state index is -0.454. The summed E-state index contributed by atoms with van der Waals surface area (Å²) in [7, 11) is 0. The topological polar surface area (TPSA) is 87.3 Å². The number of carbonyl (C=O) groups excluding carboxylic acids is 3. The van der Waals surface area contributed by atoms with Crippen molar-refractivity contribution >= 4 is 35.4 Å². The van der Waals surface area contributed by atoms with Crippen LogP contribution < -0.4 is 16.2 Å². The lowest BCUT2D eigenvalue weighted by Gasteiger charge is -2.07. The van der Waals surface area contributed by atoms with Crippen molar-refractivity contribution < 1.29 is 14.4 Å². The Hall–Kier alpha value is -3.12. The van der Waals surface area contributed by atoms with Crippen LogP contribution in [0.15, 0.2) is 60.7 Å². The number of nitrogens with one attached hydrogen (secondary N) is 3. The predicted molar refractivity (Wildman–Crippen MR) is 100 cm³/mol. The van der Waals surface area contributed by atoms with E-state index in [1.54, 1.807) is 30.3 Å². The molecule has 3 N–H and O–H groups in total. The number of hydrogen-bond acceptors (Lipinski definition) is 3. The predicted octanol–water partition coefficient (Wildman–Crippen LogP) is 2.32. The second-order valence-electron chi connectivity index (χ2n) is 5.29. The van der Waals surface area contributed by atoms with E-state index in [-0.39, 0.29) is 18.9 Å². The Morgan fingerprint density at radius 1 is 0.923 bits per heavy atom.